The Morgan fingerprint density at radius 3 is 2.92 bits per heavy atom. The Labute approximate surface area is 142 Å². The zero-order chi connectivity index (χ0) is 17.6. The molecule has 9 heteroatoms. The van der Waals surface area contributed by atoms with Crippen LogP contribution in [0.5, 0.6) is 0 Å². The number of rotatable bonds is 8. The molecule has 1 aromatic rings. The minimum absolute atomic E-state index is 0.109. The first-order valence-corrected chi connectivity index (χ1v) is 9.86. The molecule has 24 heavy (non-hydrogen) atoms. The van der Waals surface area contributed by atoms with Gasteiger partial charge in [-0.3, -0.25) is 4.79 Å². The summed E-state index contributed by atoms with van der Waals surface area (Å²) in [6, 6.07) is 1.41. The highest BCUT2D eigenvalue weighted by atomic mass is 32.2. The Morgan fingerprint density at radius 1 is 1.50 bits per heavy atom. The molecule has 1 unspecified atom stereocenters. The van der Waals surface area contributed by atoms with Crippen molar-refractivity contribution in [3.63, 3.8) is 0 Å². The number of ether oxygens (including phenoxy) is 1. The minimum atomic E-state index is -2.99. The van der Waals surface area contributed by atoms with Crippen LogP contribution in [0.15, 0.2) is 12.3 Å². The van der Waals surface area contributed by atoms with Crippen LogP contribution >= 0.6 is 0 Å². The lowest BCUT2D eigenvalue weighted by Crippen LogP contribution is -2.38. The Morgan fingerprint density at radius 2 is 2.29 bits per heavy atom. The molecule has 8 nitrogen and oxygen atoms in total. The molecule has 1 fully saturated rings. The van der Waals surface area contributed by atoms with E-state index < -0.39 is 9.84 Å². The van der Waals surface area contributed by atoms with E-state index in [4.69, 9.17) is 4.74 Å². The number of carbonyl (C=O) groups is 1. The number of hydrogen-bond acceptors (Lipinski definition) is 7. The molecule has 0 saturated carbocycles. The molecule has 1 aromatic heterocycles. The topological polar surface area (TPSA) is 101 Å². The lowest BCUT2D eigenvalue weighted by atomic mass is 10.2. The number of nitrogens with zero attached hydrogens (tertiary/aromatic N) is 3. The van der Waals surface area contributed by atoms with E-state index in [-0.39, 0.29) is 29.1 Å². The summed E-state index contributed by atoms with van der Waals surface area (Å²) >= 11 is 0. The summed E-state index contributed by atoms with van der Waals surface area (Å²) in [6.45, 7) is 3.59. The first-order chi connectivity index (χ1) is 11.5. The molecule has 1 N–H and O–H groups in total. The molecule has 1 aliphatic heterocycles. The Kier molecular flexibility index (Phi) is 6.50. The van der Waals surface area contributed by atoms with Gasteiger partial charge in [0.2, 0.25) is 5.95 Å². The Hall–Kier alpha value is -1.74. The van der Waals surface area contributed by atoms with Crippen molar-refractivity contribution in [1.29, 1.82) is 0 Å². The minimum Gasteiger partial charge on any atom is -0.385 e. The molecule has 134 valence electrons. The van der Waals surface area contributed by atoms with Gasteiger partial charge in [-0.25, -0.2) is 18.4 Å². The summed E-state index contributed by atoms with van der Waals surface area (Å²) in [6.07, 6.45) is 2.81. The van der Waals surface area contributed by atoms with Crippen molar-refractivity contribution in [3.8, 4) is 0 Å². The SMILES string of the molecule is CCN(c1nccc(C(=O)NCCCOC)n1)C1CCS(=O)(=O)C1. The maximum Gasteiger partial charge on any atom is 0.270 e. The highest BCUT2D eigenvalue weighted by Gasteiger charge is 2.33. The summed E-state index contributed by atoms with van der Waals surface area (Å²) in [5, 5.41) is 2.78. The third kappa shape index (κ3) is 4.88. The summed E-state index contributed by atoms with van der Waals surface area (Å²) in [7, 11) is -1.38. The number of sulfone groups is 1. The van der Waals surface area contributed by atoms with Crippen molar-refractivity contribution in [2.45, 2.75) is 25.8 Å². The third-order valence-corrected chi connectivity index (χ3v) is 5.68. The van der Waals surface area contributed by atoms with Gasteiger partial charge < -0.3 is 15.0 Å². The van der Waals surface area contributed by atoms with E-state index in [1.807, 2.05) is 11.8 Å². The molecule has 1 amide bonds. The van der Waals surface area contributed by atoms with Crippen molar-refractivity contribution in [1.82, 2.24) is 15.3 Å². The smallest absolute Gasteiger partial charge is 0.270 e. The van der Waals surface area contributed by atoms with Gasteiger partial charge in [0.05, 0.1) is 11.5 Å². The number of anilines is 1. The van der Waals surface area contributed by atoms with Crippen LogP contribution in [0.1, 0.15) is 30.3 Å². The van der Waals surface area contributed by atoms with Crippen LogP contribution < -0.4 is 10.2 Å². The second-order valence-electron chi connectivity index (χ2n) is 5.69. The van der Waals surface area contributed by atoms with E-state index in [1.54, 1.807) is 13.2 Å². The number of carbonyl (C=O) groups excluding carboxylic acids is 1. The van der Waals surface area contributed by atoms with Gasteiger partial charge in [0.15, 0.2) is 9.84 Å². The monoisotopic (exact) mass is 356 g/mol. The highest BCUT2D eigenvalue weighted by molar-refractivity contribution is 7.91. The van der Waals surface area contributed by atoms with Crippen LogP contribution in [-0.2, 0) is 14.6 Å². The zero-order valence-electron chi connectivity index (χ0n) is 14.1. The van der Waals surface area contributed by atoms with Crippen LogP contribution in [-0.4, -0.2) is 68.6 Å². The van der Waals surface area contributed by atoms with Gasteiger partial charge in [-0.05, 0) is 25.8 Å². The molecular formula is C15H24N4O4S. The molecule has 0 aliphatic carbocycles. The molecule has 1 saturated heterocycles. The predicted octanol–water partition coefficient (Wildman–Crippen LogP) is 0.256. The van der Waals surface area contributed by atoms with Gasteiger partial charge >= 0.3 is 0 Å². The normalized spacial score (nSPS) is 19.2. The molecule has 1 atom stereocenters. The summed E-state index contributed by atoms with van der Waals surface area (Å²) < 4.78 is 28.3. The van der Waals surface area contributed by atoms with Crippen LogP contribution in [0.3, 0.4) is 0 Å². The van der Waals surface area contributed by atoms with E-state index in [9.17, 15) is 13.2 Å². The molecular weight excluding hydrogens is 332 g/mol. The van der Waals surface area contributed by atoms with Crippen LogP contribution in [0.2, 0.25) is 0 Å². The lowest BCUT2D eigenvalue weighted by Gasteiger charge is -2.26. The summed E-state index contributed by atoms with van der Waals surface area (Å²) in [5.74, 6) is 0.417. The van der Waals surface area contributed by atoms with Crippen molar-refractivity contribution in [3.05, 3.63) is 18.0 Å². The second kappa shape index (κ2) is 8.39. The zero-order valence-corrected chi connectivity index (χ0v) is 14.9. The van der Waals surface area contributed by atoms with Gasteiger partial charge in [0.25, 0.3) is 5.91 Å². The standard InChI is InChI=1S/C15H24N4O4S/c1-3-19(12-6-10-24(21,22)11-12)15-17-8-5-13(18-15)14(20)16-7-4-9-23-2/h5,8,12H,3-4,6-7,9-11H2,1-2H3,(H,16,20). The third-order valence-electron chi connectivity index (χ3n) is 3.93. The van der Waals surface area contributed by atoms with E-state index >= 15 is 0 Å². The maximum absolute atomic E-state index is 12.1. The van der Waals surface area contributed by atoms with Crippen LogP contribution in [0.4, 0.5) is 5.95 Å². The lowest BCUT2D eigenvalue weighted by molar-refractivity contribution is 0.0943. The fourth-order valence-corrected chi connectivity index (χ4v) is 4.44. The van der Waals surface area contributed by atoms with Crippen molar-refractivity contribution >= 4 is 21.7 Å². The van der Waals surface area contributed by atoms with Crippen LogP contribution in [0.25, 0.3) is 0 Å². The van der Waals surface area contributed by atoms with E-state index in [1.165, 1.54) is 6.20 Å². The molecule has 1 aliphatic rings. The van der Waals surface area contributed by atoms with Crippen molar-refractivity contribution in [2.75, 3.05) is 43.2 Å². The number of methoxy groups -OCH3 is 1. The molecule has 0 aromatic carbocycles. The van der Waals surface area contributed by atoms with Gasteiger partial charge in [-0.15, -0.1) is 0 Å². The second-order valence-corrected chi connectivity index (χ2v) is 7.92. The van der Waals surface area contributed by atoms with E-state index in [0.29, 0.717) is 32.1 Å². The molecule has 2 heterocycles. The first-order valence-electron chi connectivity index (χ1n) is 8.04. The predicted molar refractivity (Wildman–Crippen MR) is 90.9 cm³/mol. The fraction of sp³-hybridized carbons (Fsp3) is 0.667. The summed E-state index contributed by atoms with van der Waals surface area (Å²) in [4.78, 5) is 22.5. The number of aromatic nitrogens is 2. The van der Waals surface area contributed by atoms with Crippen molar-refractivity contribution < 1.29 is 17.9 Å². The number of amides is 1. The molecule has 2 rings (SSSR count). The number of nitrogens with one attached hydrogen (secondary N) is 1. The maximum atomic E-state index is 12.1. The molecule has 0 radical (unpaired) electrons. The quantitative estimate of drug-likeness (QED) is 0.667. The van der Waals surface area contributed by atoms with Gasteiger partial charge in [-0.2, -0.15) is 0 Å². The van der Waals surface area contributed by atoms with Gasteiger partial charge in [-0.1, -0.05) is 0 Å². The summed E-state index contributed by atoms with van der Waals surface area (Å²) in [5.41, 5.74) is 0.275. The molecule has 0 spiro atoms. The van der Waals surface area contributed by atoms with Gasteiger partial charge in [0.1, 0.15) is 5.69 Å². The Bertz CT molecular complexity index is 665. The van der Waals surface area contributed by atoms with E-state index in [2.05, 4.69) is 15.3 Å². The largest absolute Gasteiger partial charge is 0.385 e. The van der Waals surface area contributed by atoms with Gasteiger partial charge in [0, 0.05) is 39.0 Å². The fourth-order valence-electron chi connectivity index (χ4n) is 2.71. The van der Waals surface area contributed by atoms with Crippen LogP contribution in [0, 0.1) is 0 Å². The molecule has 0 bridgehead atoms. The first kappa shape index (κ1) is 18.6. The highest BCUT2D eigenvalue weighted by Crippen LogP contribution is 2.21. The number of hydrogen-bond donors (Lipinski definition) is 1. The average Bonchev–Trinajstić information content (AvgIpc) is 2.92. The Balaban J connectivity index is 2.06. The van der Waals surface area contributed by atoms with E-state index in [0.717, 1.165) is 6.42 Å². The van der Waals surface area contributed by atoms with Crippen molar-refractivity contribution in [2.24, 2.45) is 0 Å². The average molecular weight is 356 g/mol.